The van der Waals surface area contributed by atoms with Gasteiger partial charge in [-0.1, -0.05) is 6.92 Å². The number of phosphoric acid groups is 1. The summed E-state index contributed by atoms with van der Waals surface area (Å²) in [6, 6.07) is 0. The second-order valence-corrected chi connectivity index (χ2v) is 8.33. The molecule has 0 aromatic rings. The highest BCUT2D eigenvalue weighted by atomic mass is 31.2. The van der Waals surface area contributed by atoms with E-state index in [1.807, 2.05) is 0 Å². The third kappa shape index (κ3) is 6.54. The first-order chi connectivity index (χ1) is 7.79. The molecule has 0 rings (SSSR count). The monoisotopic (exact) mass is 328 g/mol. The van der Waals surface area contributed by atoms with E-state index in [2.05, 4.69) is 9.05 Å². The van der Waals surface area contributed by atoms with Crippen LogP contribution in [0, 0.1) is 0 Å². The molecular formula is C5H15O10P3. The van der Waals surface area contributed by atoms with E-state index in [1.165, 1.54) is 6.92 Å². The van der Waals surface area contributed by atoms with E-state index in [4.69, 9.17) is 19.6 Å². The van der Waals surface area contributed by atoms with Gasteiger partial charge in [-0.2, -0.15) is 0 Å². The van der Waals surface area contributed by atoms with E-state index in [0.717, 1.165) is 6.92 Å². The Labute approximate surface area is 103 Å². The average Bonchev–Trinajstić information content (AvgIpc) is 2.09. The molecule has 3 unspecified atom stereocenters. The van der Waals surface area contributed by atoms with Crippen molar-refractivity contribution in [3.8, 4) is 0 Å². The molecule has 5 N–H and O–H groups in total. The van der Waals surface area contributed by atoms with E-state index >= 15 is 0 Å². The van der Waals surface area contributed by atoms with Gasteiger partial charge in [0.1, 0.15) is 0 Å². The number of rotatable bonds is 7. The van der Waals surface area contributed by atoms with Crippen LogP contribution in [0.5, 0.6) is 0 Å². The molecular weight excluding hydrogens is 313 g/mol. The molecule has 110 valence electrons. The molecule has 0 aliphatic carbocycles. The molecule has 0 saturated heterocycles. The smallest absolute Gasteiger partial charge is 0.323 e. The second kappa shape index (κ2) is 6.24. The van der Waals surface area contributed by atoms with Crippen molar-refractivity contribution in [3.63, 3.8) is 0 Å². The van der Waals surface area contributed by atoms with Crippen molar-refractivity contribution >= 4 is 23.0 Å². The maximum atomic E-state index is 11.5. The Morgan fingerprint density at radius 3 is 1.72 bits per heavy atom. The van der Waals surface area contributed by atoms with E-state index in [0.29, 0.717) is 0 Å². The van der Waals surface area contributed by atoms with Crippen LogP contribution in [0.1, 0.15) is 20.3 Å². The van der Waals surface area contributed by atoms with Gasteiger partial charge in [0.05, 0.1) is 0 Å². The molecule has 0 spiro atoms. The van der Waals surface area contributed by atoms with Crippen LogP contribution >= 0.6 is 23.0 Å². The van der Waals surface area contributed by atoms with Gasteiger partial charge in [0.2, 0.25) is 0 Å². The molecule has 0 aromatic heterocycles. The third-order valence-electron chi connectivity index (χ3n) is 1.75. The fourth-order valence-corrected chi connectivity index (χ4v) is 4.18. The van der Waals surface area contributed by atoms with Crippen LogP contribution in [0.15, 0.2) is 0 Å². The summed E-state index contributed by atoms with van der Waals surface area (Å²) in [5.74, 6) is -3.78. The molecule has 0 radical (unpaired) electrons. The van der Waals surface area contributed by atoms with Crippen molar-refractivity contribution in [1.82, 2.24) is 0 Å². The van der Waals surface area contributed by atoms with Crippen molar-refractivity contribution in [2.45, 2.75) is 32.0 Å². The zero-order chi connectivity index (χ0) is 14.8. The lowest BCUT2D eigenvalue weighted by Crippen LogP contribution is -2.16. The molecule has 10 nitrogen and oxygen atoms in total. The lowest BCUT2D eigenvalue weighted by atomic mass is 10.5. The molecule has 0 bridgehead atoms. The Balaban J connectivity index is 4.89. The van der Waals surface area contributed by atoms with Gasteiger partial charge in [-0.15, -0.1) is 0 Å². The lowest BCUT2D eigenvalue weighted by molar-refractivity contribution is 0.134. The SMILES string of the molecule is CCC(OP(=O)(O)C(C)OP(=O)(O)O)P(=O)(O)O. The number of hydrogen-bond acceptors (Lipinski definition) is 5. The normalized spacial score (nSPS) is 20.2. The molecule has 0 fully saturated rings. The zero-order valence-electron chi connectivity index (χ0n) is 9.48. The Kier molecular flexibility index (Phi) is 6.38. The summed E-state index contributed by atoms with van der Waals surface area (Å²) in [6.45, 7) is 2.14. The summed E-state index contributed by atoms with van der Waals surface area (Å²) in [5, 5.41) is 0. The van der Waals surface area contributed by atoms with Crippen LogP contribution in [0.25, 0.3) is 0 Å². The van der Waals surface area contributed by atoms with Gasteiger partial charge in [0.15, 0.2) is 11.7 Å². The van der Waals surface area contributed by atoms with Gasteiger partial charge in [-0.3, -0.25) is 18.2 Å². The van der Waals surface area contributed by atoms with E-state index in [9.17, 15) is 18.6 Å². The summed E-state index contributed by atoms with van der Waals surface area (Å²) in [5.41, 5.74) is 0. The predicted octanol–water partition coefficient (Wildman–Crippen LogP) is 0.557. The van der Waals surface area contributed by atoms with E-state index in [-0.39, 0.29) is 6.42 Å². The van der Waals surface area contributed by atoms with Crippen molar-refractivity contribution in [1.29, 1.82) is 0 Å². The minimum Gasteiger partial charge on any atom is -0.323 e. The average molecular weight is 328 g/mol. The van der Waals surface area contributed by atoms with Crippen LogP contribution < -0.4 is 0 Å². The number of hydrogen-bond donors (Lipinski definition) is 5. The highest BCUT2D eigenvalue weighted by Crippen LogP contribution is 2.58. The van der Waals surface area contributed by atoms with Crippen LogP contribution in [0.2, 0.25) is 0 Å². The Morgan fingerprint density at radius 2 is 1.44 bits per heavy atom. The molecule has 0 heterocycles. The summed E-state index contributed by atoms with van der Waals surface area (Å²) >= 11 is 0. The fraction of sp³-hybridized carbons (Fsp3) is 1.00. The number of phosphoric ester groups is 1. The molecule has 3 atom stereocenters. The van der Waals surface area contributed by atoms with Crippen LogP contribution in [-0.4, -0.2) is 36.2 Å². The van der Waals surface area contributed by atoms with Crippen molar-refractivity contribution in [2.75, 3.05) is 0 Å². The Bertz CT molecular complexity index is 408. The summed E-state index contributed by atoms with van der Waals surface area (Å²) < 4.78 is 41.2. The highest BCUT2D eigenvalue weighted by molar-refractivity contribution is 7.56. The first-order valence-corrected chi connectivity index (χ1v) is 9.45. The molecule has 0 saturated carbocycles. The third-order valence-corrected chi connectivity index (χ3v) is 5.47. The zero-order valence-corrected chi connectivity index (χ0v) is 12.2. The first kappa shape index (κ1) is 18.4. The summed E-state index contributed by atoms with van der Waals surface area (Å²) in [4.78, 5) is 43.9. The topological polar surface area (TPSA) is 171 Å². The summed E-state index contributed by atoms with van der Waals surface area (Å²) in [6.07, 6.45) is -0.266. The molecule has 18 heavy (non-hydrogen) atoms. The molecule has 13 heteroatoms. The van der Waals surface area contributed by atoms with E-state index < -0.39 is 34.7 Å². The molecule has 0 aromatic carbocycles. The largest absolute Gasteiger partial charge is 0.470 e. The minimum atomic E-state index is -5.02. The van der Waals surface area contributed by atoms with E-state index in [1.54, 1.807) is 0 Å². The van der Waals surface area contributed by atoms with Crippen LogP contribution in [0.4, 0.5) is 0 Å². The molecule has 0 aliphatic heterocycles. The molecule has 0 amide bonds. The standard InChI is InChI=1S/C5H15O10P3/c1-3-5(16(6,7)8)15-17(9,10)4(2)14-18(11,12)13/h4-5H,3H2,1-2H3,(H,9,10)(H2,6,7,8)(H2,11,12,13). The van der Waals surface area contributed by atoms with Gasteiger partial charge in [0.25, 0.3) is 0 Å². The Morgan fingerprint density at radius 1 is 1.00 bits per heavy atom. The maximum Gasteiger partial charge on any atom is 0.470 e. The van der Waals surface area contributed by atoms with Crippen LogP contribution in [-0.2, 0) is 22.7 Å². The predicted molar refractivity (Wildman–Crippen MR) is 59.6 cm³/mol. The van der Waals surface area contributed by atoms with Crippen LogP contribution in [0.3, 0.4) is 0 Å². The van der Waals surface area contributed by atoms with Gasteiger partial charge in [0, 0.05) is 0 Å². The quantitative estimate of drug-likeness (QED) is 0.416. The van der Waals surface area contributed by atoms with Crippen molar-refractivity contribution in [2.24, 2.45) is 0 Å². The lowest BCUT2D eigenvalue weighted by Gasteiger charge is -2.24. The van der Waals surface area contributed by atoms with Gasteiger partial charge in [-0.05, 0) is 13.3 Å². The van der Waals surface area contributed by atoms with Crippen molar-refractivity contribution < 1.29 is 47.2 Å². The maximum absolute atomic E-state index is 11.5. The van der Waals surface area contributed by atoms with Gasteiger partial charge in [-0.25, -0.2) is 4.57 Å². The molecule has 0 aliphatic rings. The second-order valence-electron chi connectivity index (χ2n) is 3.32. The fourth-order valence-electron chi connectivity index (χ4n) is 0.892. The van der Waals surface area contributed by atoms with Gasteiger partial charge >= 0.3 is 23.0 Å². The van der Waals surface area contributed by atoms with Gasteiger partial charge < -0.3 is 24.5 Å². The minimum absolute atomic E-state index is 0.266. The Hall–Kier alpha value is 0.410. The highest BCUT2D eigenvalue weighted by Gasteiger charge is 2.41. The summed E-state index contributed by atoms with van der Waals surface area (Å²) in [7, 11) is -14.5. The van der Waals surface area contributed by atoms with Crippen molar-refractivity contribution in [3.05, 3.63) is 0 Å². The first-order valence-electron chi connectivity index (χ1n) is 4.59.